The molecule has 0 spiro atoms. The van der Waals surface area contributed by atoms with Gasteiger partial charge in [0.1, 0.15) is 0 Å². The van der Waals surface area contributed by atoms with E-state index in [1.54, 1.807) is 11.6 Å². The van der Waals surface area contributed by atoms with Crippen LogP contribution in [0.15, 0.2) is 24.4 Å². The van der Waals surface area contributed by atoms with Crippen LogP contribution < -0.4 is 5.32 Å². The number of rotatable bonds is 6. The van der Waals surface area contributed by atoms with Crippen LogP contribution in [0.4, 0.5) is 0 Å². The van der Waals surface area contributed by atoms with Gasteiger partial charge in [-0.1, -0.05) is 12.1 Å². The number of carboxylic acids is 1. The Bertz CT molecular complexity index is 767. The van der Waals surface area contributed by atoms with Gasteiger partial charge in [0.15, 0.2) is 6.10 Å². The van der Waals surface area contributed by atoms with Crippen molar-refractivity contribution >= 4 is 11.9 Å². The van der Waals surface area contributed by atoms with Crippen LogP contribution in [0.25, 0.3) is 5.69 Å². The number of hydrogen-bond acceptors (Lipinski definition) is 4. The number of hydrogen-bond donors (Lipinski definition) is 2. The standard InChI is InChI=1S/C17H21N3O4/c1-10-5-6-11(2)14(7-10)20-12(3)13(8-19-20)16(21)18-9-15(24-4)17(22)23/h5-8,15H,9H2,1-4H3,(H,18,21)(H,22,23). The van der Waals surface area contributed by atoms with Crippen molar-refractivity contribution in [2.24, 2.45) is 0 Å². The molecule has 0 aliphatic carbocycles. The van der Waals surface area contributed by atoms with Crippen LogP contribution in [0.3, 0.4) is 0 Å². The van der Waals surface area contributed by atoms with E-state index in [0.717, 1.165) is 16.8 Å². The van der Waals surface area contributed by atoms with Crippen molar-refractivity contribution in [3.8, 4) is 5.69 Å². The third kappa shape index (κ3) is 3.62. The van der Waals surface area contributed by atoms with Crippen molar-refractivity contribution in [2.75, 3.05) is 13.7 Å². The number of carbonyl (C=O) groups is 2. The third-order valence-electron chi connectivity index (χ3n) is 3.86. The fourth-order valence-corrected chi connectivity index (χ4v) is 2.38. The number of ether oxygens (including phenoxy) is 1. The summed E-state index contributed by atoms with van der Waals surface area (Å²) >= 11 is 0. The highest BCUT2D eigenvalue weighted by molar-refractivity contribution is 5.95. The lowest BCUT2D eigenvalue weighted by Crippen LogP contribution is -2.37. The largest absolute Gasteiger partial charge is 0.479 e. The van der Waals surface area contributed by atoms with E-state index in [9.17, 15) is 9.59 Å². The zero-order chi connectivity index (χ0) is 17.9. The number of aryl methyl sites for hydroxylation is 2. The van der Waals surface area contributed by atoms with Crippen molar-refractivity contribution in [3.05, 3.63) is 46.8 Å². The van der Waals surface area contributed by atoms with Gasteiger partial charge >= 0.3 is 5.97 Å². The second-order valence-electron chi connectivity index (χ2n) is 5.62. The Morgan fingerprint density at radius 3 is 2.67 bits per heavy atom. The predicted octanol–water partition coefficient (Wildman–Crippen LogP) is 1.63. The summed E-state index contributed by atoms with van der Waals surface area (Å²) in [6.45, 7) is 5.66. The molecule has 0 bridgehead atoms. The van der Waals surface area contributed by atoms with Gasteiger partial charge < -0.3 is 15.2 Å². The molecule has 0 fully saturated rings. The molecule has 1 aromatic carbocycles. The average Bonchev–Trinajstić information content (AvgIpc) is 2.91. The zero-order valence-electron chi connectivity index (χ0n) is 14.2. The highest BCUT2D eigenvalue weighted by Gasteiger charge is 2.20. The summed E-state index contributed by atoms with van der Waals surface area (Å²) in [6.07, 6.45) is 0.401. The molecule has 1 atom stereocenters. The second-order valence-corrected chi connectivity index (χ2v) is 5.62. The van der Waals surface area contributed by atoms with Gasteiger partial charge in [-0.3, -0.25) is 4.79 Å². The molecule has 0 saturated heterocycles. The summed E-state index contributed by atoms with van der Waals surface area (Å²) in [5.74, 6) is -1.51. The van der Waals surface area contributed by atoms with Crippen LogP contribution in [-0.4, -0.2) is 46.5 Å². The van der Waals surface area contributed by atoms with Crippen LogP contribution >= 0.6 is 0 Å². The summed E-state index contributed by atoms with van der Waals surface area (Å²) in [6, 6.07) is 6.02. The van der Waals surface area contributed by atoms with Crippen LogP contribution in [0.1, 0.15) is 27.2 Å². The quantitative estimate of drug-likeness (QED) is 0.839. The normalized spacial score (nSPS) is 12.0. The van der Waals surface area contributed by atoms with E-state index in [1.165, 1.54) is 13.3 Å². The monoisotopic (exact) mass is 331 g/mol. The molecule has 128 valence electrons. The molecule has 0 saturated carbocycles. The minimum Gasteiger partial charge on any atom is -0.479 e. The van der Waals surface area contributed by atoms with E-state index < -0.39 is 12.1 Å². The van der Waals surface area contributed by atoms with E-state index in [0.29, 0.717) is 11.3 Å². The number of amides is 1. The van der Waals surface area contributed by atoms with Gasteiger partial charge in [-0.05, 0) is 38.0 Å². The minimum absolute atomic E-state index is 0.112. The van der Waals surface area contributed by atoms with E-state index in [2.05, 4.69) is 10.4 Å². The molecule has 2 aromatic rings. The molecule has 1 heterocycles. The summed E-state index contributed by atoms with van der Waals surface area (Å²) in [5, 5.41) is 15.8. The number of benzene rings is 1. The van der Waals surface area contributed by atoms with Crippen LogP contribution in [0, 0.1) is 20.8 Å². The maximum Gasteiger partial charge on any atom is 0.334 e. The number of nitrogens with zero attached hydrogens (tertiary/aromatic N) is 2. The Kier molecular flexibility index (Phi) is 5.35. The van der Waals surface area contributed by atoms with Crippen LogP contribution in [0.2, 0.25) is 0 Å². The van der Waals surface area contributed by atoms with E-state index >= 15 is 0 Å². The van der Waals surface area contributed by atoms with Gasteiger partial charge in [0, 0.05) is 7.11 Å². The molecule has 2 rings (SSSR count). The summed E-state index contributed by atoms with van der Waals surface area (Å²) in [4.78, 5) is 23.2. The van der Waals surface area contributed by atoms with Crippen molar-refractivity contribution in [3.63, 3.8) is 0 Å². The summed E-state index contributed by atoms with van der Waals surface area (Å²) in [7, 11) is 1.29. The topological polar surface area (TPSA) is 93.5 Å². The molecule has 1 aromatic heterocycles. The maximum absolute atomic E-state index is 12.3. The molecule has 7 nitrogen and oxygen atoms in total. The van der Waals surface area contributed by atoms with Crippen molar-refractivity contribution < 1.29 is 19.4 Å². The number of carbonyl (C=O) groups excluding carboxylic acids is 1. The zero-order valence-corrected chi connectivity index (χ0v) is 14.2. The first-order valence-corrected chi connectivity index (χ1v) is 7.51. The van der Waals surface area contributed by atoms with Crippen LogP contribution in [0.5, 0.6) is 0 Å². The highest BCUT2D eigenvalue weighted by Crippen LogP contribution is 2.19. The molecule has 7 heteroatoms. The molecular weight excluding hydrogens is 310 g/mol. The van der Waals surface area contributed by atoms with Gasteiger partial charge in [0.2, 0.25) is 0 Å². The van der Waals surface area contributed by atoms with Crippen molar-refractivity contribution in [1.29, 1.82) is 0 Å². The number of carboxylic acid groups (broad SMARTS) is 1. The van der Waals surface area contributed by atoms with Gasteiger partial charge in [-0.15, -0.1) is 0 Å². The molecular formula is C17H21N3O4. The lowest BCUT2D eigenvalue weighted by atomic mass is 10.1. The molecule has 24 heavy (non-hydrogen) atoms. The van der Waals surface area contributed by atoms with E-state index in [-0.39, 0.29) is 12.5 Å². The molecule has 0 aliphatic heterocycles. The number of nitrogens with one attached hydrogen (secondary N) is 1. The number of aromatic nitrogens is 2. The van der Waals surface area contributed by atoms with E-state index in [4.69, 9.17) is 9.84 Å². The lowest BCUT2D eigenvalue weighted by Gasteiger charge is -2.12. The van der Waals surface area contributed by atoms with Gasteiger partial charge in [-0.2, -0.15) is 5.10 Å². The molecule has 1 unspecified atom stereocenters. The Hall–Kier alpha value is -2.67. The Labute approximate surface area is 140 Å². The van der Waals surface area contributed by atoms with Gasteiger partial charge in [-0.25, -0.2) is 9.48 Å². The molecule has 0 aliphatic rings. The molecule has 0 radical (unpaired) electrons. The van der Waals surface area contributed by atoms with Gasteiger partial charge in [0.05, 0.1) is 29.7 Å². The fourth-order valence-electron chi connectivity index (χ4n) is 2.38. The maximum atomic E-state index is 12.3. The highest BCUT2D eigenvalue weighted by atomic mass is 16.5. The first-order chi connectivity index (χ1) is 11.3. The lowest BCUT2D eigenvalue weighted by molar-refractivity contribution is -0.148. The molecule has 1 amide bonds. The number of aliphatic carboxylic acids is 1. The van der Waals surface area contributed by atoms with Crippen LogP contribution in [-0.2, 0) is 9.53 Å². The predicted molar refractivity (Wildman–Crippen MR) is 88.5 cm³/mol. The first-order valence-electron chi connectivity index (χ1n) is 7.51. The third-order valence-corrected chi connectivity index (χ3v) is 3.86. The van der Waals surface area contributed by atoms with Crippen molar-refractivity contribution in [2.45, 2.75) is 26.9 Å². The first kappa shape index (κ1) is 17.7. The summed E-state index contributed by atoms with van der Waals surface area (Å²) < 4.78 is 6.51. The second kappa shape index (κ2) is 7.27. The molecule has 2 N–H and O–H groups in total. The fraction of sp³-hybridized carbons (Fsp3) is 0.353. The van der Waals surface area contributed by atoms with Gasteiger partial charge in [0.25, 0.3) is 5.91 Å². The average molecular weight is 331 g/mol. The Balaban J connectivity index is 2.22. The Morgan fingerprint density at radius 1 is 1.33 bits per heavy atom. The SMILES string of the molecule is COC(CNC(=O)c1cnn(-c2cc(C)ccc2C)c1C)C(=O)O. The number of methoxy groups -OCH3 is 1. The minimum atomic E-state index is -1.12. The smallest absolute Gasteiger partial charge is 0.334 e. The van der Waals surface area contributed by atoms with E-state index in [1.807, 2.05) is 32.0 Å². The summed E-state index contributed by atoms with van der Waals surface area (Å²) in [5.41, 5.74) is 4.14. The Morgan fingerprint density at radius 2 is 2.04 bits per heavy atom. The van der Waals surface area contributed by atoms with Crippen molar-refractivity contribution in [1.82, 2.24) is 15.1 Å².